The number of rotatable bonds is 5. The minimum absolute atomic E-state index is 0.217. The zero-order chi connectivity index (χ0) is 18.1. The predicted molar refractivity (Wildman–Crippen MR) is 101 cm³/mol. The van der Waals surface area contributed by atoms with E-state index in [2.05, 4.69) is 17.0 Å². The van der Waals surface area contributed by atoms with Gasteiger partial charge in [0.2, 0.25) is 0 Å². The quantitative estimate of drug-likeness (QED) is 0.773. The van der Waals surface area contributed by atoms with Gasteiger partial charge in [0.1, 0.15) is 5.75 Å². The molecule has 4 heteroatoms. The Morgan fingerprint density at radius 2 is 1.58 bits per heavy atom. The summed E-state index contributed by atoms with van der Waals surface area (Å²) in [6, 6.07) is 17.0. The van der Waals surface area contributed by atoms with E-state index in [9.17, 15) is 15.3 Å². The van der Waals surface area contributed by atoms with Crippen LogP contribution in [0.5, 0.6) is 5.75 Å². The maximum Gasteiger partial charge on any atom is 0.115 e. The number of aliphatic hydroxyl groups excluding tert-OH is 1. The second-order valence-electron chi connectivity index (χ2n) is 8.14. The van der Waals surface area contributed by atoms with Gasteiger partial charge in [0, 0.05) is 26.1 Å². The first-order valence-electron chi connectivity index (χ1n) is 9.46. The van der Waals surface area contributed by atoms with Crippen molar-refractivity contribution in [3.8, 4) is 5.75 Å². The monoisotopic (exact) mass is 353 g/mol. The lowest BCUT2D eigenvalue weighted by Crippen LogP contribution is -2.33. The molecule has 2 unspecified atom stereocenters. The van der Waals surface area contributed by atoms with Gasteiger partial charge in [-0.2, -0.15) is 0 Å². The molecule has 3 atom stereocenters. The van der Waals surface area contributed by atoms with Crippen LogP contribution in [-0.2, 0) is 6.42 Å². The van der Waals surface area contributed by atoms with Gasteiger partial charge >= 0.3 is 0 Å². The molecule has 2 aromatic carbocycles. The molecule has 4 nitrogen and oxygen atoms in total. The van der Waals surface area contributed by atoms with Crippen LogP contribution in [-0.4, -0.2) is 45.5 Å². The summed E-state index contributed by atoms with van der Waals surface area (Å²) >= 11 is 0. The number of aromatic hydroxyl groups is 1. The number of β-amino-alcohol motifs (C(OH)–C–C–N with tert-alkyl or cyclic N) is 1. The molecule has 2 fully saturated rings. The predicted octanol–water partition coefficient (Wildman–Crippen LogP) is 2.74. The first-order chi connectivity index (χ1) is 12.5. The van der Waals surface area contributed by atoms with Crippen LogP contribution in [0.4, 0.5) is 0 Å². The van der Waals surface area contributed by atoms with E-state index in [-0.39, 0.29) is 5.75 Å². The Morgan fingerprint density at radius 1 is 0.962 bits per heavy atom. The summed E-state index contributed by atoms with van der Waals surface area (Å²) in [6.45, 7) is 2.49. The number of hydrogen-bond acceptors (Lipinski definition) is 4. The second-order valence-corrected chi connectivity index (χ2v) is 8.14. The third kappa shape index (κ3) is 3.78. The van der Waals surface area contributed by atoms with Crippen LogP contribution in [0, 0.1) is 11.8 Å². The van der Waals surface area contributed by atoms with E-state index in [1.807, 2.05) is 18.2 Å². The highest BCUT2D eigenvalue weighted by molar-refractivity contribution is 5.27. The van der Waals surface area contributed by atoms with Crippen LogP contribution in [0.25, 0.3) is 0 Å². The Balaban J connectivity index is 1.32. The maximum atomic E-state index is 11.0. The molecule has 1 aliphatic carbocycles. The third-order valence-electron chi connectivity index (χ3n) is 6.02. The van der Waals surface area contributed by atoms with Gasteiger partial charge in [0.25, 0.3) is 0 Å². The van der Waals surface area contributed by atoms with Crippen LogP contribution in [0.15, 0.2) is 54.6 Å². The minimum atomic E-state index is -0.585. The van der Waals surface area contributed by atoms with Crippen molar-refractivity contribution in [2.24, 2.45) is 11.8 Å². The number of benzene rings is 2. The van der Waals surface area contributed by atoms with Crippen molar-refractivity contribution >= 4 is 0 Å². The highest BCUT2D eigenvalue weighted by atomic mass is 16.3. The van der Waals surface area contributed by atoms with E-state index < -0.39 is 11.7 Å². The summed E-state index contributed by atoms with van der Waals surface area (Å²) < 4.78 is 0. The molecule has 0 radical (unpaired) electrons. The van der Waals surface area contributed by atoms with Gasteiger partial charge in [-0.05, 0) is 47.9 Å². The fourth-order valence-electron chi connectivity index (χ4n) is 4.87. The molecule has 0 amide bonds. The second kappa shape index (κ2) is 7.03. The zero-order valence-corrected chi connectivity index (χ0v) is 15.0. The molecule has 138 valence electrons. The van der Waals surface area contributed by atoms with Crippen molar-refractivity contribution in [3.63, 3.8) is 0 Å². The highest BCUT2D eigenvalue weighted by Crippen LogP contribution is 2.45. The van der Waals surface area contributed by atoms with E-state index in [4.69, 9.17) is 0 Å². The van der Waals surface area contributed by atoms with E-state index in [1.165, 1.54) is 5.56 Å². The van der Waals surface area contributed by atoms with E-state index in [0.29, 0.717) is 18.4 Å². The van der Waals surface area contributed by atoms with Crippen molar-refractivity contribution in [3.05, 3.63) is 65.7 Å². The van der Waals surface area contributed by atoms with E-state index >= 15 is 0 Å². The molecule has 0 spiro atoms. The molecule has 1 heterocycles. The lowest BCUT2D eigenvalue weighted by atomic mass is 9.91. The van der Waals surface area contributed by atoms with E-state index in [1.54, 1.807) is 24.3 Å². The summed E-state index contributed by atoms with van der Waals surface area (Å²) in [5, 5.41) is 30.9. The average molecular weight is 353 g/mol. The Kier molecular flexibility index (Phi) is 4.74. The summed E-state index contributed by atoms with van der Waals surface area (Å²) in [5.74, 6) is 1.24. The standard InChI is InChI=1S/C22H27NO3/c24-20-8-6-17(7-9-20)21(25)15-23-13-18-11-22(26,12-19(18)14-23)10-16-4-2-1-3-5-16/h1-9,18-19,21,24-26H,10-15H2/t18?,19?,21-,22?/m1/s1. The van der Waals surface area contributed by atoms with Crippen LogP contribution < -0.4 is 0 Å². The molecule has 1 saturated heterocycles. The van der Waals surface area contributed by atoms with Crippen LogP contribution >= 0.6 is 0 Å². The van der Waals surface area contributed by atoms with Crippen molar-refractivity contribution in [2.75, 3.05) is 19.6 Å². The van der Waals surface area contributed by atoms with Gasteiger partial charge in [-0.25, -0.2) is 0 Å². The molecule has 26 heavy (non-hydrogen) atoms. The number of likely N-dealkylation sites (tertiary alicyclic amines) is 1. The van der Waals surface area contributed by atoms with Crippen LogP contribution in [0.1, 0.15) is 30.1 Å². The van der Waals surface area contributed by atoms with Gasteiger partial charge in [-0.3, -0.25) is 4.90 Å². The molecule has 2 aliphatic rings. The van der Waals surface area contributed by atoms with Crippen LogP contribution in [0.3, 0.4) is 0 Å². The zero-order valence-electron chi connectivity index (χ0n) is 15.0. The van der Waals surface area contributed by atoms with Crippen molar-refractivity contribution < 1.29 is 15.3 Å². The fraction of sp³-hybridized carbons (Fsp3) is 0.455. The third-order valence-corrected chi connectivity index (χ3v) is 6.02. The Morgan fingerprint density at radius 3 is 2.19 bits per heavy atom. The SMILES string of the molecule is Oc1ccc([C@H](O)CN2CC3CC(O)(Cc4ccccc4)CC3C2)cc1. The van der Waals surface area contributed by atoms with Gasteiger partial charge in [-0.1, -0.05) is 42.5 Å². The summed E-state index contributed by atoms with van der Waals surface area (Å²) in [7, 11) is 0. The smallest absolute Gasteiger partial charge is 0.115 e. The summed E-state index contributed by atoms with van der Waals surface area (Å²) in [6.07, 6.45) is 1.88. The minimum Gasteiger partial charge on any atom is -0.508 e. The van der Waals surface area contributed by atoms with E-state index in [0.717, 1.165) is 37.9 Å². The largest absolute Gasteiger partial charge is 0.508 e. The number of hydrogen-bond donors (Lipinski definition) is 3. The molecule has 0 aromatic heterocycles. The Labute approximate surface area is 154 Å². The average Bonchev–Trinajstić information content (AvgIpc) is 3.10. The molecule has 2 aromatic rings. The molecule has 3 N–H and O–H groups in total. The summed E-state index contributed by atoms with van der Waals surface area (Å²) in [5.41, 5.74) is 1.45. The number of fused-ring (bicyclic) bond motifs is 1. The number of nitrogens with zero attached hydrogens (tertiary/aromatic N) is 1. The number of aliphatic hydroxyl groups is 2. The first-order valence-corrected chi connectivity index (χ1v) is 9.46. The van der Waals surface area contributed by atoms with Gasteiger partial charge in [0.05, 0.1) is 11.7 Å². The lowest BCUT2D eigenvalue weighted by molar-refractivity contribution is 0.0328. The molecule has 0 bridgehead atoms. The Bertz CT molecular complexity index is 717. The van der Waals surface area contributed by atoms with Crippen molar-refractivity contribution in [1.82, 2.24) is 4.90 Å². The summed E-state index contributed by atoms with van der Waals surface area (Å²) in [4.78, 5) is 2.31. The lowest BCUT2D eigenvalue weighted by Gasteiger charge is -2.27. The fourth-order valence-corrected chi connectivity index (χ4v) is 4.87. The normalized spacial score (nSPS) is 29.6. The molecule has 4 rings (SSSR count). The van der Waals surface area contributed by atoms with Crippen molar-refractivity contribution in [1.29, 1.82) is 0 Å². The number of phenols is 1. The number of phenolic OH excluding ortho intramolecular Hbond substituents is 1. The van der Waals surface area contributed by atoms with Gasteiger partial charge < -0.3 is 15.3 Å². The van der Waals surface area contributed by atoms with Crippen molar-refractivity contribution in [2.45, 2.75) is 31.0 Å². The Hall–Kier alpha value is -1.88. The van der Waals surface area contributed by atoms with Gasteiger partial charge in [-0.15, -0.1) is 0 Å². The molecular formula is C22H27NO3. The molecule has 1 aliphatic heterocycles. The van der Waals surface area contributed by atoms with Gasteiger partial charge in [0.15, 0.2) is 0 Å². The molecule has 1 saturated carbocycles. The molecular weight excluding hydrogens is 326 g/mol. The first kappa shape index (κ1) is 17.5. The van der Waals surface area contributed by atoms with Crippen LogP contribution in [0.2, 0.25) is 0 Å². The topological polar surface area (TPSA) is 63.9 Å². The highest BCUT2D eigenvalue weighted by Gasteiger charge is 2.48. The maximum absolute atomic E-state index is 11.0.